The van der Waals surface area contributed by atoms with Gasteiger partial charge >= 0.3 is 8.80 Å². The zero-order chi connectivity index (χ0) is 16.6. The largest absolute Gasteiger partial charge is 0.541 e. The van der Waals surface area contributed by atoms with Crippen LogP contribution in [0.5, 0.6) is 0 Å². The first-order valence-corrected chi connectivity index (χ1v) is 9.60. The van der Waals surface area contributed by atoms with Gasteiger partial charge in [0.05, 0.1) is 0 Å². The molecule has 0 amide bonds. The molecule has 0 aromatic heterocycles. The molecule has 0 aliphatic heterocycles. The van der Waals surface area contributed by atoms with Crippen LogP contribution in [0.2, 0.25) is 0 Å². The molecule has 2 unspecified atom stereocenters. The lowest BCUT2D eigenvalue weighted by Crippen LogP contribution is -2.70. The maximum absolute atomic E-state index is 11.0. The molecule has 3 N–H and O–H groups in total. The second-order valence-electron chi connectivity index (χ2n) is 5.28. The minimum Gasteiger partial charge on any atom is -0.509 e. The number of rotatable bonds is 10. The van der Waals surface area contributed by atoms with Gasteiger partial charge < -0.3 is 28.6 Å². The van der Waals surface area contributed by atoms with Gasteiger partial charge in [-0.2, -0.15) is 0 Å². The van der Waals surface area contributed by atoms with E-state index in [9.17, 15) is 15.3 Å². The fraction of sp³-hybridized carbons (Fsp3) is 0.733. The molecule has 6 nitrogen and oxygen atoms in total. The average Bonchev–Trinajstić information content (AvgIpc) is 2.52. The van der Waals surface area contributed by atoms with Gasteiger partial charge in [0.2, 0.25) is 0 Å². The van der Waals surface area contributed by atoms with Crippen LogP contribution in [-0.2, 0) is 13.3 Å². The number of allylic oxidation sites excluding steroid dienone is 2. The summed E-state index contributed by atoms with van der Waals surface area (Å²) in [7, 11) is -3.67. The SMILES string of the molecule is CCCO[Si](OCCC)(OCCC)C1(O)C=CC=C(O)C1O. The van der Waals surface area contributed by atoms with Crippen LogP contribution in [0.3, 0.4) is 0 Å². The van der Waals surface area contributed by atoms with Crippen molar-refractivity contribution in [2.75, 3.05) is 19.8 Å². The highest BCUT2D eigenvalue weighted by Crippen LogP contribution is 2.34. The summed E-state index contributed by atoms with van der Waals surface area (Å²) in [6, 6.07) is 0. The first kappa shape index (κ1) is 19.3. The Morgan fingerprint density at radius 2 is 1.50 bits per heavy atom. The fourth-order valence-electron chi connectivity index (χ4n) is 2.15. The van der Waals surface area contributed by atoms with Gasteiger partial charge in [-0.1, -0.05) is 26.8 Å². The molecule has 22 heavy (non-hydrogen) atoms. The molecule has 2 atom stereocenters. The minimum atomic E-state index is -3.67. The van der Waals surface area contributed by atoms with Crippen molar-refractivity contribution < 1.29 is 28.6 Å². The van der Waals surface area contributed by atoms with Gasteiger partial charge in [0.25, 0.3) is 0 Å². The molecule has 7 heteroatoms. The summed E-state index contributed by atoms with van der Waals surface area (Å²) in [5.74, 6) is -0.331. The van der Waals surface area contributed by atoms with Crippen molar-refractivity contribution in [3.63, 3.8) is 0 Å². The molecule has 0 aromatic rings. The summed E-state index contributed by atoms with van der Waals surface area (Å²) in [5, 5.41) is 29.3. The third kappa shape index (κ3) is 3.98. The lowest BCUT2D eigenvalue weighted by atomic mass is 10.1. The first-order valence-electron chi connectivity index (χ1n) is 7.88. The predicted octanol–water partition coefficient (Wildman–Crippen LogP) is 1.85. The highest BCUT2D eigenvalue weighted by Gasteiger charge is 2.65. The third-order valence-electron chi connectivity index (χ3n) is 3.29. The van der Waals surface area contributed by atoms with E-state index in [2.05, 4.69) is 0 Å². The van der Waals surface area contributed by atoms with Gasteiger partial charge in [0.1, 0.15) is 11.9 Å². The van der Waals surface area contributed by atoms with Gasteiger partial charge in [-0.15, -0.1) is 0 Å². The van der Waals surface area contributed by atoms with E-state index in [0.29, 0.717) is 19.8 Å². The Kier molecular flexibility index (Phi) is 7.74. The van der Waals surface area contributed by atoms with Crippen LogP contribution in [0.4, 0.5) is 0 Å². The number of hydrogen-bond donors (Lipinski definition) is 3. The molecule has 1 rings (SSSR count). The van der Waals surface area contributed by atoms with E-state index in [1.807, 2.05) is 20.8 Å². The van der Waals surface area contributed by atoms with Crippen molar-refractivity contribution in [2.24, 2.45) is 0 Å². The van der Waals surface area contributed by atoms with Gasteiger partial charge in [0.15, 0.2) is 5.22 Å². The lowest BCUT2D eigenvalue weighted by Gasteiger charge is -2.43. The Labute approximate surface area is 133 Å². The molecule has 0 aromatic carbocycles. The van der Waals surface area contributed by atoms with Crippen molar-refractivity contribution in [2.45, 2.75) is 51.4 Å². The van der Waals surface area contributed by atoms with Crippen molar-refractivity contribution in [1.82, 2.24) is 0 Å². The zero-order valence-electron chi connectivity index (χ0n) is 13.6. The molecule has 1 aliphatic rings. The Hall–Kier alpha value is -0.703. The third-order valence-corrected chi connectivity index (χ3v) is 6.47. The maximum Gasteiger partial charge on any atom is 0.541 e. The first-order chi connectivity index (χ1) is 10.5. The Morgan fingerprint density at radius 3 is 1.91 bits per heavy atom. The second kappa shape index (κ2) is 8.81. The molecule has 0 bridgehead atoms. The second-order valence-corrected chi connectivity index (χ2v) is 8.06. The number of aliphatic hydroxyl groups is 3. The molecule has 0 spiro atoms. The molecule has 0 saturated carbocycles. The van der Waals surface area contributed by atoms with Crippen molar-refractivity contribution >= 4 is 8.80 Å². The summed E-state index contributed by atoms with van der Waals surface area (Å²) >= 11 is 0. The molecular formula is C15H28O6Si. The average molecular weight is 332 g/mol. The normalized spacial score (nSPS) is 25.3. The number of aliphatic hydroxyl groups excluding tert-OH is 2. The molecule has 0 heterocycles. The van der Waals surface area contributed by atoms with Crippen molar-refractivity contribution in [3.05, 3.63) is 24.0 Å². The summed E-state index contributed by atoms with van der Waals surface area (Å²) in [6.07, 6.45) is 4.83. The summed E-state index contributed by atoms with van der Waals surface area (Å²) in [6.45, 7) is 6.83. The van der Waals surface area contributed by atoms with E-state index in [1.165, 1.54) is 18.2 Å². The van der Waals surface area contributed by atoms with E-state index in [0.717, 1.165) is 19.3 Å². The van der Waals surface area contributed by atoms with Gasteiger partial charge in [-0.25, -0.2) is 0 Å². The zero-order valence-corrected chi connectivity index (χ0v) is 14.6. The predicted molar refractivity (Wildman–Crippen MR) is 85.3 cm³/mol. The van der Waals surface area contributed by atoms with Gasteiger partial charge in [-0.3, -0.25) is 0 Å². The highest BCUT2D eigenvalue weighted by atomic mass is 28.4. The van der Waals surface area contributed by atoms with Crippen LogP contribution in [0.15, 0.2) is 24.0 Å². The van der Waals surface area contributed by atoms with E-state index >= 15 is 0 Å². The molecular weight excluding hydrogens is 304 g/mol. The topological polar surface area (TPSA) is 88.4 Å². The van der Waals surface area contributed by atoms with E-state index in [-0.39, 0.29) is 5.76 Å². The number of hydrogen-bond acceptors (Lipinski definition) is 6. The smallest absolute Gasteiger partial charge is 0.509 e. The van der Waals surface area contributed by atoms with Crippen molar-refractivity contribution in [3.8, 4) is 0 Å². The molecule has 0 saturated heterocycles. The summed E-state index contributed by atoms with van der Waals surface area (Å²) in [5.41, 5.74) is 0. The quantitative estimate of drug-likeness (QED) is 0.529. The Bertz CT molecular complexity index is 376. The Morgan fingerprint density at radius 1 is 1.05 bits per heavy atom. The molecule has 0 radical (unpaired) electrons. The van der Waals surface area contributed by atoms with Crippen LogP contribution in [0.1, 0.15) is 40.0 Å². The lowest BCUT2D eigenvalue weighted by molar-refractivity contribution is -0.0686. The van der Waals surface area contributed by atoms with Crippen LogP contribution < -0.4 is 0 Å². The van der Waals surface area contributed by atoms with Gasteiger partial charge in [0, 0.05) is 19.8 Å². The molecule has 128 valence electrons. The maximum atomic E-state index is 11.0. The minimum absolute atomic E-state index is 0.331. The van der Waals surface area contributed by atoms with E-state index < -0.39 is 20.1 Å². The van der Waals surface area contributed by atoms with Crippen LogP contribution in [-0.4, -0.2) is 55.3 Å². The monoisotopic (exact) mass is 332 g/mol. The summed E-state index contributed by atoms with van der Waals surface area (Å²) in [4.78, 5) is 0. The van der Waals surface area contributed by atoms with E-state index in [4.69, 9.17) is 13.3 Å². The standard InChI is InChI=1S/C15H28O6Si/c1-4-10-19-22(20-11-5-2,21-12-6-3)15(18)9-7-8-13(16)14(15)17/h7-9,14,16-18H,4-6,10-12H2,1-3H3. The van der Waals surface area contributed by atoms with Crippen LogP contribution in [0.25, 0.3) is 0 Å². The fourth-order valence-corrected chi connectivity index (χ4v) is 5.30. The van der Waals surface area contributed by atoms with Crippen molar-refractivity contribution in [1.29, 1.82) is 0 Å². The molecule has 1 aliphatic carbocycles. The highest BCUT2D eigenvalue weighted by molar-refractivity contribution is 6.65. The van der Waals surface area contributed by atoms with Gasteiger partial charge in [-0.05, 0) is 31.4 Å². The summed E-state index contributed by atoms with van der Waals surface area (Å²) < 4.78 is 17.5. The van der Waals surface area contributed by atoms with Crippen LogP contribution >= 0.6 is 0 Å². The molecule has 0 fully saturated rings. The van der Waals surface area contributed by atoms with Crippen LogP contribution in [0, 0.1) is 0 Å². The van der Waals surface area contributed by atoms with E-state index in [1.54, 1.807) is 0 Å². The Balaban J connectivity index is 3.18.